The molecule has 3 nitrogen and oxygen atoms in total. The van der Waals surface area contributed by atoms with Gasteiger partial charge in [0.2, 0.25) is 0 Å². The first-order valence-corrected chi connectivity index (χ1v) is 6.47. The molecule has 0 fully saturated rings. The fourth-order valence-electron chi connectivity index (χ4n) is 1.48. The van der Waals surface area contributed by atoms with Crippen LogP contribution in [0.25, 0.3) is 0 Å². The van der Waals surface area contributed by atoms with Crippen LogP contribution in [-0.4, -0.2) is 12.5 Å². The van der Waals surface area contributed by atoms with Crippen molar-refractivity contribution in [2.24, 2.45) is 0 Å². The first kappa shape index (κ1) is 14.5. The lowest BCUT2D eigenvalue weighted by Crippen LogP contribution is -2.20. The molecule has 6 heteroatoms. The molecular formula is C14H10BrF2NO2. The largest absolute Gasteiger partial charge is 0.484 e. The number of benzene rings is 2. The van der Waals surface area contributed by atoms with Gasteiger partial charge in [-0.15, -0.1) is 0 Å². The van der Waals surface area contributed by atoms with Crippen molar-refractivity contribution in [1.29, 1.82) is 0 Å². The van der Waals surface area contributed by atoms with E-state index in [2.05, 4.69) is 21.2 Å². The number of carbonyl (C=O) groups excluding carboxylic acids is 1. The lowest BCUT2D eigenvalue weighted by Gasteiger charge is -2.08. The first-order valence-electron chi connectivity index (χ1n) is 5.68. The van der Waals surface area contributed by atoms with Crippen LogP contribution in [0.1, 0.15) is 0 Å². The summed E-state index contributed by atoms with van der Waals surface area (Å²) in [4.78, 5) is 11.6. The number of anilines is 1. The summed E-state index contributed by atoms with van der Waals surface area (Å²) < 4.78 is 31.4. The highest BCUT2D eigenvalue weighted by Gasteiger charge is 2.06. The van der Waals surface area contributed by atoms with E-state index in [-0.39, 0.29) is 11.1 Å². The summed E-state index contributed by atoms with van der Waals surface area (Å²) in [5.41, 5.74) is 0.346. The minimum atomic E-state index is -0.439. The quantitative estimate of drug-likeness (QED) is 0.919. The van der Waals surface area contributed by atoms with Gasteiger partial charge in [0.1, 0.15) is 17.4 Å². The summed E-state index contributed by atoms with van der Waals surface area (Å²) in [5, 5.41) is 2.49. The van der Waals surface area contributed by atoms with Crippen LogP contribution in [0.15, 0.2) is 46.9 Å². The van der Waals surface area contributed by atoms with Crippen molar-refractivity contribution in [1.82, 2.24) is 0 Å². The number of nitrogens with one attached hydrogen (secondary N) is 1. The van der Waals surface area contributed by atoms with E-state index in [1.54, 1.807) is 6.07 Å². The van der Waals surface area contributed by atoms with Crippen molar-refractivity contribution in [3.8, 4) is 5.75 Å². The molecule has 104 valence electrons. The first-order chi connectivity index (χ1) is 9.54. The van der Waals surface area contributed by atoms with Gasteiger partial charge in [0, 0.05) is 5.69 Å². The van der Waals surface area contributed by atoms with Crippen molar-refractivity contribution in [3.63, 3.8) is 0 Å². The van der Waals surface area contributed by atoms with Crippen LogP contribution in [0.2, 0.25) is 0 Å². The number of carbonyl (C=O) groups is 1. The van der Waals surface area contributed by atoms with Gasteiger partial charge in [-0.25, -0.2) is 8.78 Å². The van der Waals surface area contributed by atoms with E-state index in [0.29, 0.717) is 11.4 Å². The van der Waals surface area contributed by atoms with E-state index in [1.807, 2.05) is 0 Å². The van der Waals surface area contributed by atoms with Gasteiger partial charge in [0.25, 0.3) is 5.91 Å². The normalized spacial score (nSPS) is 10.2. The minimum Gasteiger partial charge on any atom is -0.484 e. The number of halogens is 3. The number of hydrogen-bond acceptors (Lipinski definition) is 2. The molecule has 0 aliphatic carbocycles. The summed E-state index contributed by atoms with van der Waals surface area (Å²) in [7, 11) is 0. The molecule has 0 bridgehead atoms. The third kappa shape index (κ3) is 4.03. The average molecular weight is 342 g/mol. The van der Waals surface area contributed by atoms with E-state index >= 15 is 0 Å². The maximum Gasteiger partial charge on any atom is 0.262 e. The molecule has 0 spiro atoms. The lowest BCUT2D eigenvalue weighted by atomic mass is 10.3. The number of hydrogen-bond donors (Lipinski definition) is 1. The Morgan fingerprint density at radius 1 is 1.20 bits per heavy atom. The molecule has 20 heavy (non-hydrogen) atoms. The Balaban J connectivity index is 1.90. The van der Waals surface area contributed by atoms with Crippen LogP contribution < -0.4 is 10.1 Å². The average Bonchev–Trinajstić information content (AvgIpc) is 2.40. The number of rotatable bonds is 4. The predicted molar refractivity (Wildman–Crippen MR) is 74.6 cm³/mol. The van der Waals surface area contributed by atoms with Gasteiger partial charge in [0.05, 0.1) is 4.47 Å². The molecule has 1 amide bonds. The van der Waals surface area contributed by atoms with E-state index in [4.69, 9.17) is 4.74 Å². The lowest BCUT2D eigenvalue weighted by molar-refractivity contribution is -0.118. The smallest absolute Gasteiger partial charge is 0.262 e. The van der Waals surface area contributed by atoms with Gasteiger partial charge in [-0.05, 0) is 52.3 Å². The zero-order valence-corrected chi connectivity index (χ0v) is 11.8. The van der Waals surface area contributed by atoms with Crippen molar-refractivity contribution < 1.29 is 18.3 Å². The van der Waals surface area contributed by atoms with Crippen LogP contribution in [-0.2, 0) is 4.79 Å². The highest BCUT2D eigenvalue weighted by molar-refractivity contribution is 9.10. The predicted octanol–water partition coefficient (Wildman–Crippen LogP) is 3.74. The van der Waals surface area contributed by atoms with Gasteiger partial charge in [0.15, 0.2) is 6.61 Å². The van der Waals surface area contributed by atoms with Crippen LogP contribution in [0.3, 0.4) is 0 Å². The molecule has 0 saturated heterocycles. The molecule has 2 aromatic rings. The topological polar surface area (TPSA) is 38.3 Å². The van der Waals surface area contributed by atoms with Crippen molar-refractivity contribution >= 4 is 27.5 Å². The Kier molecular flexibility index (Phi) is 4.68. The zero-order valence-electron chi connectivity index (χ0n) is 10.2. The monoisotopic (exact) mass is 341 g/mol. The SMILES string of the molecule is O=C(COc1ccc(F)c(Br)c1)Nc1cccc(F)c1. The van der Waals surface area contributed by atoms with Gasteiger partial charge in [-0.1, -0.05) is 6.07 Å². The molecule has 0 radical (unpaired) electrons. The van der Waals surface area contributed by atoms with Crippen LogP contribution in [0, 0.1) is 11.6 Å². The van der Waals surface area contributed by atoms with Crippen molar-refractivity contribution in [2.45, 2.75) is 0 Å². The molecule has 0 aliphatic rings. The van der Waals surface area contributed by atoms with Gasteiger partial charge in [-0.3, -0.25) is 4.79 Å². The standard InChI is InChI=1S/C14H10BrF2NO2/c15-12-7-11(4-5-13(12)17)20-8-14(19)18-10-3-1-2-9(16)6-10/h1-7H,8H2,(H,18,19). The summed E-state index contributed by atoms with van der Waals surface area (Å²) in [6.45, 7) is -0.255. The van der Waals surface area contributed by atoms with E-state index < -0.39 is 17.5 Å². The maximum atomic E-state index is 13.0. The maximum absolute atomic E-state index is 13.0. The Hall–Kier alpha value is -1.95. The molecule has 0 atom stereocenters. The molecule has 0 heterocycles. The van der Waals surface area contributed by atoms with Crippen LogP contribution in [0.4, 0.5) is 14.5 Å². The second kappa shape index (κ2) is 6.47. The zero-order chi connectivity index (χ0) is 14.5. The summed E-state index contributed by atoms with van der Waals surface area (Å²) in [6.07, 6.45) is 0. The van der Waals surface area contributed by atoms with E-state index in [1.165, 1.54) is 36.4 Å². The summed E-state index contributed by atoms with van der Waals surface area (Å²) in [5.74, 6) is -0.934. The third-order valence-corrected chi connectivity index (χ3v) is 2.98. The highest BCUT2D eigenvalue weighted by Crippen LogP contribution is 2.21. The van der Waals surface area contributed by atoms with E-state index in [0.717, 1.165) is 0 Å². The second-order valence-electron chi connectivity index (χ2n) is 3.92. The van der Waals surface area contributed by atoms with Gasteiger partial charge < -0.3 is 10.1 Å². The molecule has 1 N–H and O–H groups in total. The fraction of sp³-hybridized carbons (Fsp3) is 0.0714. The van der Waals surface area contributed by atoms with Crippen LogP contribution in [0.5, 0.6) is 5.75 Å². The van der Waals surface area contributed by atoms with Crippen molar-refractivity contribution in [3.05, 3.63) is 58.6 Å². The van der Waals surface area contributed by atoms with Gasteiger partial charge >= 0.3 is 0 Å². The molecule has 0 aromatic heterocycles. The molecule has 0 saturated carbocycles. The van der Waals surface area contributed by atoms with Crippen LogP contribution >= 0.6 is 15.9 Å². The summed E-state index contributed by atoms with van der Waals surface area (Å²) in [6, 6.07) is 9.59. The molecular weight excluding hydrogens is 332 g/mol. The van der Waals surface area contributed by atoms with Gasteiger partial charge in [-0.2, -0.15) is 0 Å². The Bertz CT molecular complexity index is 634. The Morgan fingerprint density at radius 3 is 2.70 bits per heavy atom. The number of ether oxygens (including phenoxy) is 1. The minimum absolute atomic E-state index is 0.250. The Morgan fingerprint density at radius 2 is 2.00 bits per heavy atom. The van der Waals surface area contributed by atoms with Crippen molar-refractivity contribution in [2.75, 3.05) is 11.9 Å². The highest BCUT2D eigenvalue weighted by atomic mass is 79.9. The Labute approximate surface area is 122 Å². The molecule has 0 unspecified atom stereocenters. The second-order valence-corrected chi connectivity index (χ2v) is 4.78. The molecule has 2 rings (SSSR count). The third-order valence-electron chi connectivity index (χ3n) is 2.37. The fourth-order valence-corrected chi connectivity index (χ4v) is 1.84. The molecule has 0 aliphatic heterocycles. The van der Waals surface area contributed by atoms with E-state index in [9.17, 15) is 13.6 Å². The molecule has 2 aromatic carbocycles. The number of amides is 1. The summed E-state index contributed by atoms with van der Waals surface area (Å²) >= 11 is 3.02.